The number of thiophene rings is 1. The summed E-state index contributed by atoms with van der Waals surface area (Å²) in [5.74, 6) is 0.643. The van der Waals surface area contributed by atoms with Crippen LogP contribution in [0.4, 0.5) is 10.2 Å². The summed E-state index contributed by atoms with van der Waals surface area (Å²) in [5.41, 5.74) is 1.73. The molecule has 1 aromatic carbocycles. The second-order valence-corrected chi connectivity index (χ2v) is 6.27. The predicted molar refractivity (Wildman–Crippen MR) is 88.5 cm³/mol. The predicted octanol–water partition coefficient (Wildman–Crippen LogP) is 3.50. The number of nitrogens with one attached hydrogen (secondary N) is 1. The first-order valence-corrected chi connectivity index (χ1v) is 7.85. The SMILES string of the molecule is CN(C)Cc1cc(CNc2ncnc3sccc23)ccc1F. The molecule has 2 heterocycles. The largest absolute Gasteiger partial charge is 0.365 e. The van der Waals surface area contributed by atoms with Crippen molar-refractivity contribution in [2.24, 2.45) is 0 Å². The molecule has 0 saturated carbocycles. The molecule has 114 valence electrons. The van der Waals surface area contributed by atoms with E-state index in [1.54, 1.807) is 23.7 Å². The maximum Gasteiger partial charge on any atom is 0.138 e. The van der Waals surface area contributed by atoms with Gasteiger partial charge in [-0.2, -0.15) is 0 Å². The monoisotopic (exact) mass is 316 g/mol. The Bertz CT molecular complexity index is 785. The summed E-state index contributed by atoms with van der Waals surface area (Å²) in [7, 11) is 3.86. The van der Waals surface area contributed by atoms with Crippen molar-refractivity contribution in [2.45, 2.75) is 13.1 Å². The Balaban J connectivity index is 1.77. The van der Waals surface area contributed by atoms with Crippen molar-refractivity contribution in [3.8, 4) is 0 Å². The van der Waals surface area contributed by atoms with Gasteiger partial charge in [-0.15, -0.1) is 11.3 Å². The molecule has 22 heavy (non-hydrogen) atoms. The average Bonchev–Trinajstić information content (AvgIpc) is 2.96. The molecule has 0 unspecified atom stereocenters. The van der Waals surface area contributed by atoms with Gasteiger partial charge in [-0.3, -0.25) is 0 Å². The smallest absolute Gasteiger partial charge is 0.138 e. The minimum Gasteiger partial charge on any atom is -0.365 e. The van der Waals surface area contributed by atoms with Gasteiger partial charge in [0, 0.05) is 18.7 Å². The van der Waals surface area contributed by atoms with Gasteiger partial charge < -0.3 is 10.2 Å². The molecule has 0 atom stereocenters. The molecular weight excluding hydrogens is 299 g/mol. The Morgan fingerprint density at radius 3 is 2.91 bits per heavy atom. The van der Waals surface area contributed by atoms with E-state index in [1.165, 1.54) is 6.07 Å². The van der Waals surface area contributed by atoms with Gasteiger partial charge in [-0.25, -0.2) is 14.4 Å². The topological polar surface area (TPSA) is 41.0 Å². The van der Waals surface area contributed by atoms with Gasteiger partial charge >= 0.3 is 0 Å². The minimum absolute atomic E-state index is 0.167. The quantitative estimate of drug-likeness (QED) is 0.782. The van der Waals surface area contributed by atoms with Crippen LogP contribution in [0.3, 0.4) is 0 Å². The van der Waals surface area contributed by atoms with Crippen LogP contribution in [0.2, 0.25) is 0 Å². The molecule has 0 aliphatic rings. The average molecular weight is 316 g/mol. The molecule has 3 rings (SSSR count). The Labute approximate surface area is 132 Å². The number of aromatic nitrogens is 2. The second-order valence-electron chi connectivity index (χ2n) is 5.38. The van der Waals surface area contributed by atoms with Gasteiger partial charge in [0.2, 0.25) is 0 Å². The zero-order valence-corrected chi connectivity index (χ0v) is 13.3. The molecule has 0 aliphatic heterocycles. The third kappa shape index (κ3) is 3.23. The van der Waals surface area contributed by atoms with Crippen molar-refractivity contribution >= 4 is 27.4 Å². The fourth-order valence-corrected chi connectivity index (χ4v) is 3.05. The molecule has 0 bridgehead atoms. The van der Waals surface area contributed by atoms with Gasteiger partial charge in [-0.05, 0) is 43.2 Å². The van der Waals surface area contributed by atoms with Crippen molar-refractivity contribution in [2.75, 3.05) is 19.4 Å². The number of nitrogens with zero attached hydrogens (tertiary/aromatic N) is 3. The lowest BCUT2D eigenvalue weighted by atomic mass is 10.1. The summed E-state index contributed by atoms with van der Waals surface area (Å²) in [4.78, 5) is 11.4. The molecule has 0 spiro atoms. The molecule has 1 N–H and O–H groups in total. The molecule has 0 aliphatic carbocycles. The number of hydrogen-bond acceptors (Lipinski definition) is 5. The summed E-state index contributed by atoms with van der Waals surface area (Å²) in [6, 6.07) is 7.22. The van der Waals surface area contributed by atoms with Crippen LogP contribution in [0.1, 0.15) is 11.1 Å². The van der Waals surface area contributed by atoms with Gasteiger partial charge in [0.15, 0.2) is 0 Å². The summed E-state index contributed by atoms with van der Waals surface area (Å²) >= 11 is 1.59. The first kappa shape index (κ1) is 14.9. The van der Waals surface area contributed by atoms with Crippen LogP contribution < -0.4 is 5.32 Å². The van der Waals surface area contributed by atoms with Gasteiger partial charge in [0.1, 0.15) is 22.8 Å². The standard InChI is InChI=1S/C16H17FN4S/c1-21(2)9-12-7-11(3-4-14(12)17)8-18-15-13-5-6-22-16(13)20-10-19-15/h3-7,10H,8-9H2,1-2H3,(H,18,19,20). The van der Waals surface area contributed by atoms with E-state index in [1.807, 2.05) is 36.5 Å². The van der Waals surface area contributed by atoms with Crippen LogP contribution in [0.15, 0.2) is 36.0 Å². The highest BCUT2D eigenvalue weighted by Gasteiger charge is 2.07. The number of rotatable bonds is 5. The first-order chi connectivity index (χ1) is 10.6. The zero-order chi connectivity index (χ0) is 15.5. The molecule has 3 aromatic rings. The zero-order valence-electron chi connectivity index (χ0n) is 12.5. The maximum absolute atomic E-state index is 13.8. The van der Waals surface area contributed by atoms with Crippen molar-refractivity contribution < 1.29 is 4.39 Å². The van der Waals surface area contributed by atoms with E-state index < -0.39 is 0 Å². The maximum atomic E-state index is 13.8. The molecular formula is C16H17FN4S. The number of anilines is 1. The van der Waals surface area contributed by atoms with E-state index >= 15 is 0 Å². The molecule has 0 fully saturated rings. The van der Waals surface area contributed by atoms with E-state index in [9.17, 15) is 4.39 Å². The Kier molecular flexibility index (Phi) is 4.31. The van der Waals surface area contributed by atoms with Gasteiger partial charge in [-0.1, -0.05) is 6.07 Å². The van der Waals surface area contributed by atoms with Crippen LogP contribution in [0.5, 0.6) is 0 Å². The number of fused-ring (bicyclic) bond motifs is 1. The molecule has 0 saturated heterocycles. The van der Waals surface area contributed by atoms with Gasteiger partial charge in [0.05, 0.1) is 5.39 Å². The molecule has 0 amide bonds. The fraction of sp³-hybridized carbons (Fsp3) is 0.250. The van der Waals surface area contributed by atoms with Crippen LogP contribution in [-0.2, 0) is 13.1 Å². The highest BCUT2D eigenvalue weighted by Crippen LogP contribution is 2.24. The van der Waals surface area contributed by atoms with E-state index in [2.05, 4.69) is 15.3 Å². The van der Waals surface area contributed by atoms with Crippen LogP contribution in [-0.4, -0.2) is 29.0 Å². The fourth-order valence-electron chi connectivity index (χ4n) is 2.32. The van der Waals surface area contributed by atoms with Crippen molar-refractivity contribution in [3.63, 3.8) is 0 Å². The Morgan fingerprint density at radius 2 is 2.09 bits per heavy atom. The summed E-state index contributed by atoms with van der Waals surface area (Å²) in [6.07, 6.45) is 1.56. The number of benzene rings is 1. The van der Waals surface area contributed by atoms with Crippen molar-refractivity contribution in [1.29, 1.82) is 0 Å². The van der Waals surface area contributed by atoms with Crippen molar-refractivity contribution in [3.05, 3.63) is 52.9 Å². The Morgan fingerprint density at radius 1 is 1.23 bits per heavy atom. The lowest BCUT2D eigenvalue weighted by Crippen LogP contribution is -2.12. The van der Waals surface area contributed by atoms with Gasteiger partial charge in [0.25, 0.3) is 0 Å². The van der Waals surface area contributed by atoms with E-state index in [0.717, 1.165) is 21.6 Å². The number of halogens is 1. The van der Waals surface area contributed by atoms with E-state index in [-0.39, 0.29) is 5.82 Å². The highest BCUT2D eigenvalue weighted by molar-refractivity contribution is 7.16. The van der Waals surface area contributed by atoms with E-state index in [4.69, 9.17) is 0 Å². The lowest BCUT2D eigenvalue weighted by Gasteiger charge is -2.12. The lowest BCUT2D eigenvalue weighted by molar-refractivity contribution is 0.392. The third-order valence-electron chi connectivity index (χ3n) is 3.32. The molecule has 0 radical (unpaired) electrons. The third-order valence-corrected chi connectivity index (χ3v) is 4.14. The van der Waals surface area contributed by atoms with Crippen molar-refractivity contribution in [1.82, 2.24) is 14.9 Å². The first-order valence-electron chi connectivity index (χ1n) is 6.97. The summed E-state index contributed by atoms with van der Waals surface area (Å²) < 4.78 is 13.8. The minimum atomic E-state index is -0.167. The summed E-state index contributed by atoms with van der Waals surface area (Å²) in [5, 5.41) is 6.32. The second kappa shape index (κ2) is 6.37. The van der Waals surface area contributed by atoms with Crippen LogP contribution >= 0.6 is 11.3 Å². The molecule has 2 aromatic heterocycles. The molecule has 4 nitrogen and oxygen atoms in total. The Hall–Kier alpha value is -2.05. The number of hydrogen-bond donors (Lipinski definition) is 1. The molecule has 6 heteroatoms. The van der Waals surface area contributed by atoms with E-state index in [0.29, 0.717) is 18.7 Å². The van der Waals surface area contributed by atoms with Crippen LogP contribution in [0, 0.1) is 5.82 Å². The highest BCUT2D eigenvalue weighted by atomic mass is 32.1. The normalized spacial score (nSPS) is 11.3. The van der Waals surface area contributed by atoms with Crippen LogP contribution in [0.25, 0.3) is 10.2 Å². The summed E-state index contributed by atoms with van der Waals surface area (Å²) in [6.45, 7) is 1.19.